The molecule has 92 valence electrons. The lowest BCUT2D eigenvalue weighted by Crippen LogP contribution is -2.15. The Labute approximate surface area is 92.7 Å². The zero-order valence-corrected chi connectivity index (χ0v) is 8.22. The molecular weight excluding hydrogens is 245 g/mol. The molecule has 0 unspecified atom stereocenters. The molecule has 0 radical (unpaired) electrons. The zero-order chi connectivity index (χ0) is 13.2. The minimum absolute atomic E-state index is 0.365. The molecule has 0 atom stereocenters. The van der Waals surface area contributed by atoms with Crippen molar-refractivity contribution >= 4 is 0 Å². The molecule has 0 spiro atoms. The van der Waals surface area contributed by atoms with Crippen molar-refractivity contribution in [2.24, 2.45) is 5.73 Å². The number of pyridine rings is 1. The van der Waals surface area contributed by atoms with Crippen molar-refractivity contribution in [3.05, 3.63) is 28.6 Å². The minimum Gasteiger partial charge on any atom is -0.326 e. The molecule has 17 heavy (non-hydrogen) atoms. The predicted octanol–water partition coefficient (Wildman–Crippen LogP) is 2.37. The fourth-order valence-electron chi connectivity index (χ4n) is 1.23. The average Bonchev–Trinajstić information content (AvgIpc) is 2.25. The highest BCUT2D eigenvalue weighted by molar-refractivity contribution is 5.42. The summed E-state index contributed by atoms with van der Waals surface area (Å²) in [5, 5.41) is 8.60. The maximum Gasteiger partial charge on any atom is 0.433 e. The molecule has 0 aliphatic heterocycles. The number of nitrogens with two attached hydrogens (primary N) is 1. The molecule has 0 bridgehead atoms. The number of nitriles is 1. The fourth-order valence-corrected chi connectivity index (χ4v) is 1.23. The lowest BCUT2D eigenvalue weighted by atomic mass is 10.1. The predicted molar refractivity (Wildman–Crippen MR) is 46.8 cm³/mol. The summed E-state index contributed by atoms with van der Waals surface area (Å²) in [4.78, 5) is 2.82. The number of hydrogen-bond donors (Lipinski definition) is 1. The van der Waals surface area contributed by atoms with E-state index in [0.29, 0.717) is 6.07 Å². The summed E-state index contributed by atoms with van der Waals surface area (Å²) >= 11 is 0. The van der Waals surface area contributed by atoms with Gasteiger partial charge in [0.05, 0.1) is 11.6 Å². The number of aromatic nitrogens is 1. The van der Waals surface area contributed by atoms with E-state index in [4.69, 9.17) is 11.0 Å². The number of halogens is 5. The SMILES string of the molecule is N#Cc1cc(C(F)(F)F)nc(C(F)F)c1CN. The first-order valence-corrected chi connectivity index (χ1v) is 4.30. The van der Waals surface area contributed by atoms with Crippen molar-refractivity contribution < 1.29 is 22.0 Å². The van der Waals surface area contributed by atoms with Crippen LogP contribution in [-0.4, -0.2) is 4.98 Å². The highest BCUT2D eigenvalue weighted by Crippen LogP contribution is 2.32. The van der Waals surface area contributed by atoms with Crippen LogP contribution in [0.4, 0.5) is 22.0 Å². The van der Waals surface area contributed by atoms with Crippen LogP contribution in [0.15, 0.2) is 6.07 Å². The van der Waals surface area contributed by atoms with Crippen LogP contribution < -0.4 is 5.73 Å². The van der Waals surface area contributed by atoms with Gasteiger partial charge in [0.15, 0.2) is 0 Å². The van der Waals surface area contributed by atoms with Gasteiger partial charge >= 0.3 is 6.18 Å². The Balaban J connectivity index is 3.53. The van der Waals surface area contributed by atoms with E-state index in [1.54, 1.807) is 0 Å². The van der Waals surface area contributed by atoms with E-state index in [1.807, 2.05) is 0 Å². The van der Waals surface area contributed by atoms with Gasteiger partial charge < -0.3 is 5.73 Å². The quantitative estimate of drug-likeness (QED) is 0.820. The Bertz CT molecular complexity index is 461. The van der Waals surface area contributed by atoms with Crippen molar-refractivity contribution in [3.63, 3.8) is 0 Å². The van der Waals surface area contributed by atoms with E-state index in [-0.39, 0.29) is 5.56 Å². The van der Waals surface area contributed by atoms with Crippen molar-refractivity contribution in [1.29, 1.82) is 5.26 Å². The molecule has 0 amide bonds. The molecule has 1 aromatic heterocycles. The molecule has 0 fully saturated rings. The first kappa shape index (κ1) is 13.3. The van der Waals surface area contributed by atoms with Crippen LogP contribution in [0.3, 0.4) is 0 Å². The largest absolute Gasteiger partial charge is 0.433 e. The van der Waals surface area contributed by atoms with E-state index < -0.39 is 36.1 Å². The third-order valence-corrected chi connectivity index (χ3v) is 1.98. The van der Waals surface area contributed by atoms with Crippen LogP contribution in [-0.2, 0) is 12.7 Å². The van der Waals surface area contributed by atoms with Crippen LogP contribution in [0.1, 0.15) is 28.9 Å². The lowest BCUT2D eigenvalue weighted by molar-refractivity contribution is -0.141. The van der Waals surface area contributed by atoms with E-state index in [2.05, 4.69) is 4.98 Å². The van der Waals surface area contributed by atoms with Gasteiger partial charge in [0.1, 0.15) is 11.4 Å². The second-order valence-electron chi connectivity index (χ2n) is 3.03. The molecular formula is C9H6F5N3. The molecule has 3 nitrogen and oxygen atoms in total. The van der Waals surface area contributed by atoms with E-state index in [9.17, 15) is 22.0 Å². The van der Waals surface area contributed by atoms with Crippen LogP contribution in [0, 0.1) is 11.3 Å². The smallest absolute Gasteiger partial charge is 0.326 e. The van der Waals surface area contributed by atoms with Gasteiger partial charge in [0.2, 0.25) is 0 Å². The van der Waals surface area contributed by atoms with Crippen LogP contribution in [0.2, 0.25) is 0 Å². The Hall–Kier alpha value is -1.75. The van der Waals surface area contributed by atoms with Crippen molar-refractivity contribution in [3.8, 4) is 6.07 Å². The van der Waals surface area contributed by atoms with Gasteiger partial charge in [-0.2, -0.15) is 18.4 Å². The van der Waals surface area contributed by atoms with Gasteiger partial charge in [-0.3, -0.25) is 0 Å². The van der Waals surface area contributed by atoms with Gasteiger partial charge in [0, 0.05) is 12.1 Å². The molecule has 2 N–H and O–H groups in total. The topological polar surface area (TPSA) is 62.7 Å². The second-order valence-corrected chi connectivity index (χ2v) is 3.03. The average molecular weight is 251 g/mol. The standard InChI is InChI=1S/C9H6F5N3/c10-8(11)7-5(3-16)4(2-15)1-6(17-7)9(12,13)14/h1,8H,3,16H2. The third kappa shape index (κ3) is 2.68. The molecule has 1 aromatic rings. The lowest BCUT2D eigenvalue weighted by Gasteiger charge is -2.12. The summed E-state index contributed by atoms with van der Waals surface area (Å²) in [5.41, 5.74) is 1.59. The molecule has 8 heteroatoms. The maximum absolute atomic E-state index is 12.5. The van der Waals surface area contributed by atoms with Gasteiger partial charge in [-0.05, 0) is 6.07 Å². The summed E-state index contributed by atoms with van der Waals surface area (Å²) in [7, 11) is 0. The maximum atomic E-state index is 12.5. The molecule has 0 saturated heterocycles. The fraction of sp³-hybridized carbons (Fsp3) is 0.333. The summed E-state index contributed by atoms with van der Waals surface area (Å²) in [5.74, 6) is 0. The number of hydrogen-bond acceptors (Lipinski definition) is 3. The number of alkyl halides is 5. The molecule has 0 aromatic carbocycles. The Morgan fingerprint density at radius 2 is 2.00 bits per heavy atom. The molecule has 0 saturated carbocycles. The van der Waals surface area contributed by atoms with E-state index >= 15 is 0 Å². The second kappa shape index (κ2) is 4.63. The third-order valence-electron chi connectivity index (χ3n) is 1.98. The Morgan fingerprint density at radius 3 is 2.35 bits per heavy atom. The monoisotopic (exact) mass is 251 g/mol. The van der Waals surface area contributed by atoms with Crippen molar-refractivity contribution in [1.82, 2.24) is 4.98 Å². The number of rotatable bonds is 2. The van der Waals surface area contributed by atoms with Crippen molar-refractivity contribution in [2.45, 2.75) is 19.1 Å². The Morgan fingerprint density at radius 1 is 1.41 bits per heavy atom. The summed E-state index contributed by atoms with van der Waals surface area (Å²) in [6.07, 6.45) is -8.11. The van der Waals surface area contributed by atoms with Crippen molar-refractivity contribution in [2.75, 3.05) is 0 Å². The van der Waals surface area contributed by atoms with Gasteiger partial charge in [-0.15, -0.1) is 0 Å². The van der Waals surface area contributed by atoms with E-state index in [0.717, 1.165) is 0 Å². The zero-order valence-electron chi connectivity index (χ0n) is 8.22. The van der Waals surface area contributed by atoms with Gasteiger partial charge in [0.25, 0.3) is 6.43 Å². The van der Waals surface area contributed by atoms with Crippen LogP contribution in [0.25, 0.3) is 0 Å². The first-order chi connectivity index (χ1) is 7.81. The van der Waals surface area contributed by atoms with Crippen LogP contribution >= 0.6 is 0 Å². The highest BCUT2D eigenvalue weighted by Gasteiger charge is 2.35. The number of nitrogens with zero attached hydrogens (tertiary/aromatic N) is 2. The van der Waals surface area contributed by atoms with Gasteiger partial charge in [-0.1, -0.05) is 0 Å². The van der Waals surface area contributed by atoms with E-state index in [1.165, 1.54) is 6.07 Å². The van der Waals surface area contributed by atoms with Gasteiger partial charge in [-0.25, -0.2) is 13.8 Å². The summed E-state index contributed by atoms with van der Waals surface area (Å²) < 4.78 is 62.0. The molecule has 1 heterocycles. The summed E-state index contributed by atoms with van der Waals surface area (Å²) in [6.45, 7) is -0.478. The summed E-state index contributed by atoms with van der Waals surface area (Å²) in [6, 6.07) is 1.81. The van der Waals surface area contributed by atoms with Crippen LogP contribution in [0.5, 0.6) is 0 Å². The molecule has 1 rings (SSSR count). The minimum atomic E-state index is -4.89. The molecule has 0 aliphatic carbocycles. The highest BCUT2D eigenvalue weighted by atomic mass is 19.4. The normalized spacial score (nSPS) is 11.6. The molecule has 0 aliphatic rings. The first-order valence-electron chi connectivity index (χ1n) is 4.30. The Kier molecular flexibility index (Phi) is 3.63.